The van der Waals surface area contributed by atoms with Crippen LogP contribution in [-0.2, 0) is 22.1 Å². The highest BCUT2D eigenvalue weighted by Gasteiger charge is 2.40. The number of piperazine rings is 1. The summed E-state index contributed by atoms with van der Waals surface area (Å²) < 4.78 is 46.9. The van der Waals surface area contributed by atoms with Gasteiger partial charge in [0.2, 0.25) is 5.91 Å². The second-order valence-corrected chi connectivity index (χ2v) is 9.55. The van der Waals surface area contributed by atoms with Gasteiger partial charge in [0.1, 0.15) is 17.5 Å². The zero-order valence-corrected chi connectivity index (χ0v) is 21.3. The van der Waals surface area contributed by atoms with Crippen LogP contribution in [0.5, 0.6) is 0 Å². The fourth-order valence-corrected chi connectivity index (χ4v) is 5.12. The first-order valence-electron chi connectivity index (χ1n) is 12.7. The SMILES string of the molecule is N#Cc1ccc(N2CCN(C(=O)CCO[C@H]3Cc4ccccc4[C@@H]3Nc3cn[nH]c(=O)c3C(F)(F)F)CC2)nc1. The molecule has 1 saturated heterocycles. The number of carbonyl (C=O) groups excluding carboxylic acids is 1. The summed E-state index contributed by atoms with van der Waals surface area (Å²) in [5.74, 6) is 0.670. The fraction of sp³-hybridized carbons (Fsp3) is 0.370. The predicted molar refractivity (Wildman–Crippen MR) is 138 cm³/mol. The van der Waals surface area contributed by atoms with Gasteiger partial charge in [-0.3, -0.25) is 9.59 Å². The lowest BCUT2D eigenvalue weighted by molar-refractivity contribution is -0.138. The standard InChI is InChI=1S/C27H26F3N7O3/c28-27(29,30)24-20(16-33-35-26(24)39)34-25-19-4-2-1-3-18(19)13-21(25)40-12-7-23(38)37-10-8-36(9-11-37)22-6-5-17(14-31)15-32-22/h1-6,15-16,21,25H,7-13H2,(H2,34,35,39)/t21-,25-/m0/s1. The van der Waals surface area contributed by atoms with Crippen molar-refractivity contribution in [2.75, 3.05) is 43.0 Å². The molecule has 1 aliphatic carbocycles. The number of pyridine rings is 1. The fourth-order valence-electron chi connectivity index (χ4n) is 5.12. The van der Waals surface area contributed by atoms with E-state index in [0.717, 1.165) is 23.1 Å². The average Bonchev–Trinajstić information content (AvgIpc) is 3.29. The molecule has 2 N–H and O–H groups in total. The summed E-state index contributed by atoms with van der Waals surface area (Å²) in [6, 6.07) is 12.2. The van der Waals surface area contributed by atoms with Crippen LogP contribution in [0.15, 0.2) is 53.6 Å². The minimum Gasteiger partial charge on any atom is -0.375 e. The van der Waals surface area contributed by atoms with Crippen LogP contribution in [0.3, 0.4) is 0 Å². The van der Waals surface area contributed by atoms with Gasteiger partial charge in [-0.25, -0.2) is 10.1 Å². The highest BCUT2D eigenvalue weighted by Crippen LogP contribution is 2.39. The molecule has 0 radical (unpaired) electrons. The average molecular weight is 554 g/mol. The van der Waals surface area contributed by atoms with Crippen LogP contribution in [0, 0.1) is 11.3 Å². The van der Waals surface area contributed by atoms with Gasteiger partial charge < -0.3 is 19.9 Å². The van der Waals surface area contributed by atoms with E-state index in [1.807, 2.05) is 28.2 Å². The Kier molecular flexibility index (Phi) is 7.70. The zero-order chi connectivity index (χ0) is 28.3. The number of rotatable bonds is 7. The van der Waals surface area contributed by atoms with Gasteiger partial charge >= 0.3 is 6.18 Å². The van der Waals surface area contributed by atoms with Gasteiger partial charge in [-0.15, -0.1) is 0 Å². The normalized spacial score (nSPS) is 18.8. The Morgan fingerprint density at radius 3 is 2.62 bits per heavy atom. The number of anilines is 2. The van der Waals surface area contributed by atoms with E-state index in [1.165, 1.54) is 6.20 Å². The van der Waals surface area contributed by atoms with Crippen molar-refractivity contribution < 1.29 is 22.7 Å². The molecule has 40 heavy (non-hydrogen) atoms. The van der Waals surface area contributed by atoms with E-state index in [0.29, 0.717) is 38.2 Å². The summed E-state index contributed by atoms with van der Waals surface area (Å²) in [5, 5.41) is 17.2. The van der Waals surface area contributed by atoms with Crippen molar-refractivity contribution in [1.29, 1.82) is 5.26 Å². The predicted octanol–water partition coefficient (Wildman–Crippen LogP) is 2.89. The number of benzene rings is 1. The molecule has 0 saturated carbocycles. The topological polar surface area (TPSA) is 127 Å². The summed E-state index contributed by atoms with van der Waals surface area (Å²) in [7, 11) is 0. The molecule has 5 rings (SSSR count). The van der Waals surface area contributed by atoms with Gasteiger partial charge in [0, 0.05) is 38.8 Å². The van der Waals surface area contributed by atoms with Gasteiger partial charge in [0.15, 0.2) is 0 Å². The van der Waals surface area contributed by atoms with Crippen molar-refractivity contribution in [1.82, 2.24) is 20.1 Å². The maximum atomic E-state index is 13.6. The molecule has 13 heteroatoms. The van der Waals surface area contributed by atoms with E-state index in [-0.39, 0.29) is 18.9 Å². The third-order valence-corrected chi connectivity index (χ3v) is 7.11. The quantitative estimate of drug-likeness (QED) is 0.457. The Morgan fingerprint density at radius 2 is 1.93 bits per heavy atom. The second kappa shape index (κ2) is 11.4. The van der Waals surface area contributed by atoms with Crippen molar-refractivity contribution in [3.8, 4) is 6.07 Å². The van der Waals surface area contributed by atoms with Gasteiger partial charge in [-0.1, -0.05) is 24.3 Å². The number of ether oxygens (including phenoxy) is 1. The molecule has 3 aromatic rings. The third-order valence-electron chi connectivity index (χ3n) is 7.11. The van der Waals surface area contributed by atoms with Gasteiger partial charge in [0.25, 0.3) is 5.56 Å². The van der Waals surface area contributed by atoms with Gasteiger partial charge in [-0.05, 0) is 23.3 Å². The molecule has 2 atom stereocenters. The van der Waals surface area contributed by atoms with Crippen LogP contribution in [0.25, 0.3) is 0 Å². The molecule has 2 aliphatic rings. The largest absolute Gasteiger partial charge is 0.423 e. The lowest BCUT2D eigenvalue weighted by Gasteiger charge is -2.35. The summed E-state index contributed by atoms with van der Waals surface area (Å²) in [4.78, 5) is 32.9. The number of alkyl halides is 3. The molecule has 2 aromatic heterocycles. The van der Waals surface area contributed by atoms with Crippen LogP contribution < -0.4 is 15.8 Å². The number of aromatic amines is 1. The number of carbonyl (C=O) groups is 1. The molecule has 0 bridgehead atoms. The van der Waals surface area contributed by atoms with Crippen LogP contribution in [-0.4, -0.2) is 64.9 Å². The van der Waals surface area contributed by atoms with Crippen molar-refractivity contribution in [3.63, 3.8) is 0 Å². The van der Waals surface area contributed by atoms with E-state index in [9.17, 15) is 22.8 Å². The molecule has 0 spiro atoms. The smallest absolute Gasteiger partial charge is 0.375 e. The maximum absolute atomic E-state index is 13.6. The lowest BCUT2D eigenvalue weighted by atomic mass is 10.1. The van der Waals surface area contributed by atoms with E-state index in [1.54, 1.807) is 29.2 Å². The minimum absolute atomic E-state index is 0.0781. The molecule has 3 heterocycles. The number of nitrogens with zero attached hydrogens (tertiary/aromatic N) is 5. The highest BCUT2D eigenvalue weighted by molar-refractivity contribution is 5.76. The van der Waals surface area contributed by atoms with E-state index < -0.39 is 35.1 Å². The lowest BCUT2D eigenvalue weighted by Crippen LogP contribution is -2.49. The Bertz CT molecular complexity index is 1460. The Morgan fingerprint density at radius 1 is 1.15 bits per heavy atom. The number of H-pyrrole nitrogens is 1. The Hall–Kier alpha value is -4.44. The Labute approximate surface area is 227 Å². The number of halogens is 3. The van der Waals surface area contributed by atoms with E-state index in [4.69, 9.17) is 10.00 Å². The summed E-state index contributed by atoms with van der Waals surface area (Å²) >= 11 is 0. The first-order valence-corrected chi connectivity index (χ1v) is 12.7. The zero-order valence-electron chi connectivity index (χ0n) is 21.3. The minimum atomic E-state index is -4.88. The molecule has 1 aromatic carbocycles. The van der Waals surface area contributed by atoms with Crippen molar-refractivity contribution >= 4 is 17.4 Å². The number of hydrogen-bond acceptors (Lipinski definition) is 8. The van der Waals surface area contributed by atoms with E-state index >= 15 is 0 Å². The van der Waals surface area contributed by atoms with Crippen LogP contribution >= 0.6 is 0 Å². The number of fused-ring (bicyclic) bond motifs is 1. The van der Waals surface area contributed by atoms with Crippen molar-refractivity contribution in [2.24, 2.45) is 0 Å². The Balaban J connectivity index is 1.19. The molecule has 1 aliphatic heterocycles. The van der Waals surface area contributed by atoms with E-state index in [2.05, 4.69) is 15.4 Å². The molecular weight excluding hydrogens is 527 g/mol. The van der Waals surface area contributed by atoms with Crippen molar-refractivity contribution in [3.05, 3.63) is 81.4 Å². The van der Waals surface area contributed by atoms with Crippen LogP contribution in [0.1, 0.15) is 34.7 Å². The number of aromatic nitrogens is 3. The third kappa shape index (κ3) is 5.76. The van der Waals surface area contributed by atoms with Crippen LogP contribution in [0.2, 0.25) is 0 Å². The summed E-state index contributed by atoms with van der Waals surface area (Å²) in [6.07, 6.45) is -2.40. The number of nitrogens with one attached hydrogen (secondary N) is 2. The van der Waals surface area contributed by atoms with Crippen molar-refractivity contribution in [2.45, 2.75) is 31.2 Å². The van der Waals surface area contributed by atoms with Gasteiger partial charge in [0.05, 0.1) is 42.6 Å². The molecule has 0 unspecified atom stereocenters. The number of nitriles is 1. The number of amides is 1. The summed E-state index contributed by atoms with van der Waals surface area (Å²) in [6.45, 7) is 2.31. The maximum Gasteiger partial charge on any atom is 0.423 e. The highest BCUT2D eigenvalue weighted by atomic mass is 19.4. The number of hydrogen-bond donors (Lipinski definition) is 2. The molecule has 1 amide bonds. The first kappa shape index (κ1) is 27.1. The second-order valence-electron chi connectivity index (χ2n) is 9.55. The van der Waals surface area contributed by atoms with Crippen LogP contribution in [0.4, 0.5) is 24.7 Å². The molecule has 10 nitrogen and oxygen atoms in total. The molecule has 208 valence electrons. The monoisotopic (exact) mass is 553 g/mol. The molecular formula is C27H26F3N7O3. The first-order chi connectivity index (χ1) is 19.2. The summed E-state index contributed by atoms with van der Waals surface area (Å²) in [5.41, 5.74) is -0.958. The van der Waals surface area contributed by atoms with Gasteiger partial charge in [-0.2, -0.15) is 23.5 Å². The molecule has 1 fully saturated rings.